The van der Waals surface area contributed by atoms with Crippen molar-refractivity contribution in [3.05, 3.63) is 54.1 Å². The molecule has 0 saturated carbocycles. The Balaban J connectivity index is 1.78. The van der Waals surface area contributed by atoms with Gasteiger partial charge in [-0.3, -0.25) is 9.59 Å². The average molecular weight is 342 g/mol. The predicted octanol–water partition coefficient (Wildman–Crippen LogP) is 2.48. The van der Waals surface area contributed by atoms with Crippen LogP contribution in [0.25, 0.3) is 0 Å². The number of nitrogens with one attached hydrogen (secondary N) is 1. The fourth-order valence-electron chi connectivity index (χ4n) is 2.07. The van der Waals surface area contributed by atoms with E-state index < -0.39 is 0 Å². The van der Waals surface area contributed by atoms with Crippen molar-refractivity contribution in [2.75, 3.05) is 32.6 Å². The van der Waals surface area contributed by atoms with E-state index in [9.17, 15) is 9.59 Å². The van der Waals surface area contributed by atoms with Crippen molar-refractivity contribution < 1.29 is 19.1 Å². The van der Waals surface area contributed by atoms with Crippen LogP contribution in [-0.4, -0.2) is 44.0 Å². The van der Waals surface area contributed by atoms with E-state index >= 15 is 0 Å². The number of rotatable bonds is 7. The molecule has 0 fully saturated rings. The second-order valence-corrected chi connectivity index (χ2v) is 5.63. The van der Waals surface area contributed by atoms with E-state index in [-0.39, 0.29) is 25.0 Å². The molecule has 25 heavy (non-hydrogen) atoms. The van der Waals surface area contributed by atoms with Crippen LogP contribution >= 0.6 is 0 Å². The number of benzene rings is 2. The predicted molar refractivity (Wildman–Crippen MR) is 95.9 cm³/mol. The van der Waals surface area contributed by atoms with Gasteiger partial charge in [0.25, 0.3) is 5.91 Å². The molecule has 0 aliphatic rings. The molecule has 6 nitrogen and oxygen atoms in total. The minimum absolute atomic E-state index is 0.0535. The quantitative estimate of drug-likeness (QED) is 0.839. The maximum Gasteiger partial charge on any atom is 0.260 e. The number of carbonyl (C=O) groups excluding carboxylic acids is 2. The van der Waals surface area contributed by atoms with E-state index in [4.69, 9.17) is 9.47 Å². The van der Waals surface area contributed by atoms with E-state index in [0.717, 1.165) is 5.56 Å². The number of amides is 2. The Morgan fingerprint density at radius 3 is 2.20 bits per heavy atom. The van der Waals surface area contributed by atoms with Crippen LogP contribution in [0.2, 0.25) is 0 Å². The number of nitrogens with zero attached hydrogens (tertiary/aromatic N) is 1. The van der Waals surface area contributed by atoms with Gasteiger partial charge in [0.05, 0.1) is 13.7 Å². The standard InChI is InChI=1S/C19H22N2O4/c1-14-4-8-17(9-5-14)25-13-19(23)21(2)12-18(22)20-15-6-10-16(24-3)11-7-15/h4-11H,12-13H2,1-3H3,(H,20,22). The van der Waals surface area contributed by atoms with E-state index in [1.54, 1.807) is 50.6 Å². The second kappa shape index (κ2) is 8.73. The van der Waals surface area contributed by atoms with Gasteiger partial charge in [-0.1, -0.05) is 17.7 Å². The highest BCUT2D eigenvalue weighted by atomic mass is 16.5. The molecule has 0 saturated heterocycles. The highest BCUT2D eigenvalue weighted by molar-refractivity contribution is 5.94. The van der Waals surface area contributed by atoms with Gasteiger partial charge in [-0.05, 0) is 43.3 Å². The number of methoxy groups -OCH3 is 1. The van der Waals surface area contributed by atoms with Crippen LogP contribution in [0.15, 0.2) is 48.5 Å². The lowest BCUT2D eigenvalue weighted by Gasteiger charge is -2.17. The molecule has 0 bridgehead atoms. The third-order valence-corrected chi connectivity index (χ3v) is 3.56. The SMILES string of the molecule is COc1ccc(NC(=O)CN(C)C(=O)COc2ccc(C)cc2)cc1. The maximum absolute atomic E-state index is 12.1. The minimum Gasteiger partial charge on any atom is -0.497 e. The molecule has 0 atom stereocenters. The van der Waals surface area contributed by atoms with Crippen molar-refractivity contribution in [3.8, 4) is 11.5 Å². The summed E-state index contributed by atoms with van der Waals surface area (Å²) < 4.78 is 10.5. The smallest absolute Gasteiger partial charge is 0.260 e. The van der Waals surface area contributed by atoms with Crippen molar-refractivity contribution >= 4 is 17.5 Å². The summed E-state index contributed by atoms with van der Waals surface area (Å²) in [6, 6.07) is 14.4. The topological polar surface area (TPSA) is 67.9 Å². The molecule has 2 rings (SSSR count). The summed E-state index contributed by atoms with van der Waals surface area (Å²) >= 11 is 0. The normalized spacial score (nSPS) is 10.0. The van der Waals surface area contributed by atoms with Crippen molar-refractivity contribution in [2.24, 2.45) is 0 Å². The molecule has 2 aromatic carbocycles. The fraction of sp³-hybridized carbons (Fsp3) is 0.263. The van der Waals surface area contributed by atoms with Crippen LogP contribution in [0.3, 0.4) is 0 Å². The molecule has 132 valence electrons. The van der Waals surface area contributed by atoms with Gasteiger partial charge in [0.15, 0.2) is 6.61 Å². The number of ether oxygens (including phenoxy) is 2. The van der Waals surface area contributed by atoms with Gasteiger partial charge in [-0.25, -0.2) is 0 Å². The monoisotopic (exact) mass is 342 g/mol. The first-order valence-corrected chi connectivity index (χ1v) is 7.85. The van der Waals surface area contributed by atoms with Gasteiger partial charge < -0.3 is 19.7 Å². The highest BCUT2D eigenvalue weighted by Crippen LogP contribution is 2.15. The number of aryl methyl sites for hydroxylation is 1. The number of likely N-dealkylation sites (N-methyl/N-ethyl adjacent to an activating group) is 1. The third kappa shape index (κ3) is 5.84. The lowest BCUT2D eigenvalue weighted by atomic mass is 10.2. The summed E-state index contributed by atoms with van der Waals surface area (Å²) in [6.07, 6.45) is 0. The zero-order valence-corrected chi connectivity index (χ0v) is 14.6. The number of carbonyl (C=O) groups is 2. The van der Waals surface area contributed by atoms with E-state index in [2.05, 4.69) is 5.32 Å². The second-order valence-electron chi connectivity index (χ2n) is 5.63. The number of anilines is 1. The molecule has 1 N–H and O–H groups in total. The van der Waals surface area contributed by atoms with Crippen LogP contribution in [0, 0.1) is 6.92 Å². The van der Waals surface area contributed by atoms with Gasteiger partial charge in [0, 0.05) is 12.7 Å². The minimum atomic E-state index is -0.281. The Labute approximate surface area is 147 Å². The Kier molecular flexibility index (Phi) is 6.39. The molecule has 0 heterocycles. The van der Waals surface area contributed by atoms with Crippen LogP contribution in [0.1, 0.15) is 5.56 Å². The molecule has 2 amide bonds. The van der Waals surface area contributed by atoms with E-state index in [1.165, 1.54) is 4.90 Å². The van der Waals surface area contributed by atoms with E-state index in [1.807, 2.05) is 19.1 Å². The lowest BCUT2D eigenvalue weighted by molar-refractivity contribution is -0.135. The van der Waals surface area contributed by atoms with Crippen LogP contribution < -0.4 is 14.8 Å². The summed E-state index contributed by atoms with van der Waals surface area (Å²) in [6.45, 7) is 1.81. The Morgan fingerprint density at radius 2 is 1.60 bits per heavy atom. The van der Waals surface area contributed by atoms with E-state index in [0.29, 0.717) is 17.2 Å². The van der Waals surface area contributed by atoms with Crippen molar-refractivity contribution in [1.29, 1.82) is 0 Å². The molecule has 0 unspecified atom stereocenters. The Hall–Kier alpha value is -3.02. The molecular formula is C19H22N2O4. The Bertz CT molecular complexity index is 711. The van der Waals surface area contributed by atoms with Gasteiger partial charge in [0.1, 0.15) is 11.5 Å². The highest BCUT2D eigenvalue weighted by Gasteiger charge is 2.14. The number of hydrogen-bond donors (Lipinski definition) is 1. The van der Waals surface area contributed by atoms with Crippen molar-refractivity contribution in [2.45, 2.75) is 6.92 Å². The van der Waals surface area contributed by atoms with Crippen molar-refractivity contribution in [1.82, 2.24) is 4.90 Å². The molecular weight excluding hydrogens is 320 g/mol. The van der Waals surface area contributed by atoms with Crippen LogP contribution in [-0.2, 0) is 9.59 Å². The zero-order valence-electron chi connectivity index (χ0n) is 14.6. The van der Waals surface area contributed by atoms with Gasteiger partial charge in [-0.2, -0.15) is 0 Å². The molecule has 2 aromatic rings. The maximum atomic E-state index is 12.1. The summed E-state index contributed by atoms with van der Waals surface area (Å²) in [5, 5.41) is 2.73. The average Bonchev–Trinajstić information content (AvgIpc) is 2.61. The van der Waals surface area contributed by atoms with Crippen molar-refractivity contribution in [3.63, 3.8) is 0 Å². The molecule has 0 aromatic heterocycles. The Morgan fingerprint density at radius 1 is 1.00 bits per heavy atom. The first kappa shape index (κ1) is 18.3. The first-order valence-electron chi connectivity index (χ1n) is 7.85. The summed E-state index contributed by atoms with van der Waals surface area (Å²) in [5.41, 5.74) is 1.76. The van der Waals surface area contributed by atoms with Crippen LogP contribution in [0.4, 0.5) is 5.69 Å². The largest absolute Gasteiger partial charge is 0.497 e. The van der Waals surface area contributed by atoms with Crippen LogP contribution in [0.5, 0.6) is 11.5 Å². The summed E-state index contributed by atoms with van der Waals surface area (Å²) in [7, 11) is 3.14. The molecule has 0 aliphatic carbocycles. The summed E-state index contributed by atoms with van der Waals surface area (Å²) in [4.78, 5) is 25.4. The van der Waals surface area contributed by atoms with Gasteiger partial charge in [-0.15, -0.1) is 0 Å². The number of hydrogen-bond acceptors (Lipinski definition) is 4. The molecule has 0 radical (unpaired) electrons. The third-order valence-electron chi connectivity index (χ3n) is 3.56. The zero-order chi connectivity index (χ0) is 18.2. The lowest BCUT2D eigenvalue weighted by Crippen LogP contribution is -2.37. The molecule has 0 spiro atoms. The van der Waals surface area contributed by atoms with Gasteiger partial charge in [0.2, 0.25) is 5.91 Å². The fourth-order valence-corrected chi connectivity index (χ4v) is 2.07. The molecule has 6 heteroatoms. The summed E-state index contributed by atoms with van der Waals surface area (Å²) in [5.74, 6) is 0.774. The van der Waals surface area contributed by atoms with Gasteiger partial charge >= 0.3 is 0 Å². The molecule has 0 aliphatic heterocycles. The first-order chi connectivity index (χ1) is 12.0.